The van der Waals surface area contributed by atoms with Crippen molar-refractivity contribution in [3.8, 4) is 0 Å². The average molecular weight is 280 g/mol. The number of likely N-dealkylation sites (tertiary alicyclic amines) is 1. The molecule has 0 radical (unpaired) electrons. The zero-order valence-electron chi connectivity index (χ0n) is 11.7. The number of ketones is 1. The van der Waals surface area contributed by atoms with Crippen molar-refractivity contribution < 1.29 is 4.79 Å². The first-order valence-electron chi connectivity index (χ1n) is 7.09. The monoisotopic (exact) mass is 279 g/mol. The van der Waals surface area contributed by atoms with Gasteiger partial charge in [-0.05, 0) is 49.9 Å². The molecule has 2 atom stereocenters. The Balaban J connectivity index is 1.87. The molecule has 0 amide bonds. The quantitative estimate of drug-likeness (QED) is 0.776. The highest BCUT2D eigenvalue weighted by molar-refractivity contribution is 6.30. The van der Waals surface area contributed by atoms with Gasteiger partial charge in [0.1, 0.15) is 0 Å². The molecule has 0 saturated carbocycles. The Morgan fingerprint density at radius 2 is 1.95 bits per heavy atom. The molecule has 2 rings (SSSR count). The third-order valence-electron chi connectivity index (χ3n) is 4.04. The van der Waals surface area contributed by atoms with Gasteiger partial charge in [-0.1, -0.05) is 18.5 Å². The number of piperidine rings is 1. The smallest absolute Gasteiger partial charge is 0.164 e. The number of hydrogen-bond acceptors (Lipinski definition) is 2. The van der Waals surface area contributed by atoms with Crippen molar-refractivity contribution in [2.45, 2.75) is 39.2 Å². The van der Waals surface area contributed by atoms with Crippen LogP contribution in [0.3, 0.4) is 0 Å². The SMILES string of the molecule is CC1CCC(C)N(CCC(=O)c2ccc(Cl)cc2)C1. The lowest BCUT2D eigenvalue weighted by atomic mass is 9.94. The van der Waals surface area contributed by atoms with Gasteiger partial charge in [-0.3, -0.25) is 9.69 Å². The van der Waals surface area contributed by atoms with Crippen LogP contribution in [0.15, 0.2) is 24.3 Å². The van der Waals surface area contributed by atoms with E-state index in [4.69, 9.17) is 11.6 Å². The maximum absolute atomic E-state index is 12.1. The van der Waals surface area contributed by atoms with Crippen LogP contribution in [0.2, 0.25) is 5.02 Å². The summed E-state index contributed by atoms with van der Waals surface area (Å²) in [5, 5.41) is 0.676. The van der Waals surface area contributed by atoms with Crippen molar-refractivity contribution in [3.05, 3.63) is 34.9 Å². The maximum atomic E-state index is 12.1. The Hall–Kier alpha value is -0.860. The summed E-state index contributed by atoms with van der Waals surface area (Å²) in [6, 6.07) is 7.79. The minimum Gasteiger partial charge on any atom is -0.300 e. The minimum atomic E-state index is 0.210. The number of Topliss-reactive ketones (excluding diaryl/α,β-unsaturated/α-hetero) is 1. The predicted octanol–water partition coefficient (Wildman–Crippen LogP) is 4.03. The third kappa shape index (κ3) is 4.05. The zero-order chi connectivity index (χ0) is 13.8. The van der Waals surface area contributed by atoms with Gasteiger partial charge in [-0.15, -0.1) is 0 Å². The van der Waals surface area contributed by atoms with Crippen LogP contribution in [0.5, 0.6) is 0 Å². The molecular weight excluding hydrogens is 258 g/mol. The summed E-state index contributed by atoms with van der Waals surface area (Å²) in [6.45, 7) is 6.54. The van der Waals surface area contributed by atoms with Gasteiger partial charge in [-0.2, -0.15) is 0 Å². The highest BCUT2D eigenvalue weighted by atomic mass is 35.5. The van der Waals surface area contributed by atoms with Crippen LogP contribution in [0.1, 0.15) is 43.5 Å². The van der Waals surface area contributed by atoms with Crippen LogP contribution in [0, 0.1) is 5.92 Å². The molecule has 2 nitrogen and oxygen atoms in total. The van der Waals surface area contributed by atoms with E-state index in [-0.39, 0.29) is 5.78 Å². The van der Waals surface area contributed by atoms with E-state index in [1.54, 1.807) is 12.1 Å². The fourth-order valence-corrected chi connectivity index (χ4v) is 2.84. The van der Waals surface area contributed by atoms with Gasteiger partial charge >= 0.3 is 0 Å². The second-order valence-electron chi connectivity index (χ2n) is 5.71. The summed E-state index contributed by atoms with van der Waals surface area (Å²) in [5.41, 5.74) is 0.766. The fraction of sp³-hybridized carbons (Fsp3) is 0.562. The zero-order valence-corrected chi connectivity index (χ0v) is 12.5. The van der Waals surface area contributed by atoms with Gasteiger partial charge in [0.2, 0.25) is 0 Å². The number of benzene rings is 1. The molecule has 2 unspecified atom stereocenters. The van der Waals surface area contributed by atoms with Crippen LogP contribution < -0.4 is 0 Å². The molecular formula is C16H22ClNO. The summed E-state index contributed by atoms with van der Waals surface area (Å²) in [4.78, 5) is 14.6. The van der Waals surface area contributed by atoms with Gasteiger partial charge in [0.15, 0.2) is 5.78 Å². The van der Waals surface area contributed by atoms with Crippen LogP contribution in [-0.4, -0.2) is 29.8 Å². The lowest BCUT2D eigenvalue weighted by Crippen LogP contribution is -2.42. The Kier molecular flexibility index (Phi) is 5.00. The van der Waals surface area contributed by atoms with Crippen LogP contribution in [0.4, 0.5) is 0 Å². The lowest BCUT2D eigenvalue weighted by molar-refractivity contribution is 0.0900. The Bertz CT molecular complexity index is 429. The lowest BCUT2D eigenvalue weighted by Gasteiger charge is -2.36. The van der Waals surface area contributed by atoms with E-state index in [1.165, 1.54) is 12.8 Å². The van der Waals surface area contributed by atoms with Crippen molar-refractivity contribution in [1.29, 1.82) is 0 Å². The van der Waals surface area contributed by atoms with E-state index in [2.05, 4.69) is 18.7 Å². The highest BCUT2D eigenvalue weighted by Gasteiger charge is 2.23. The normalized spacial score (nSPS) is 24.4. The molecule has 1 aliphatic heterocycles. The molecule has 1 aromatic rings. The molecule has 1 aromatic carbocycles. The van der Waals surface area contributed by atoms with Crippen molar-refractivity contribution in [1.82, 2.24) is 4.90 Å². The number of halogens is 1. The molecule has 1 saturated heterocycles. The summed E-state index contributed by atoms with van der Waals surface area (Å²) >= 11 is 5.83. The van der Waals surface area contributed by atoms with Crippen LogP contribution >= 0.6 is 11.6 Å². The number of carbonyl (C=O) groups excluding carboxylic acids is 1. The van der Waals surface area contributed by atoms with E-state index in [9.17, 15) is 4.79 Å². The van der Waals surface area contributed by atoms with E-state index in [0.717, 1.165) is 24.6 Å². The van der Waals surface area contributed by atoms with Gasteiger partial charge in [0.25, 0.3) is 0 Å². The highest BCUT2D eigenvalue weighted by Crippen LogP contribution is 2.21. The second kappa shape index (κ2) is 6.53. The summed E-state index contributed by atoms with van der Waals surface area (Å²) in [5.74, 6) is 0.962. The molecule has 0 aromatic heterocycles. The number of hydrogen-bond donors (Lipinski definition) is 0. The predicted molar refractivity (Wildman–Crippen MR) is 79.8 cm³/mol. The van der Waals surface area contributed by atoms with Crippen LogP contribution in [0.25, 0.3) is 0 Å². The first-order chi connectivity index (χ1) is 9.06. The van der Waals surface area contributed by atoms with Crippen molar-refractivity contribution >= 4 is 17.4 Å². The van der Waals surface area contributed by atoms with Gasteiger partial charge in [0, 0.05) is 36.1 Å². The largest absolute Gasteiger partial charge is 0.300 e. The van der Waals surface area contributed by atoms with E-state index >= 15 is 0 Å². The molecule has 104 valence electrons. The molecule has 0 aliphatic carbocycles. The molecule has 1 fully saturated rings. The maximum Gasteiger partial charge on any atom is 0.164 e. The molecule has 0 bridgehead atoms. The Morgan fingerprint density at radius 3 is 2.63 bits per heavy atom. The van der Waals surface area contributed by atoms with Crippen molar-refractivity contribution in [3.63, 3.8) is 0 Å². The Labute approximate surface area is 120 Å². The number of carbonyl (C=O) groups is 1. The van der Waals surface area contributed by atoms with Crippen molar-refractivity contribution in [2.24, 2.45) is 5.92 Å². The summed E-state index contributed by atoms with van der Waals surface area (Å²) < 4.78 is 0. The van der Waals surface area contributed by atoms with Gasteiger partial charge in [-0.25, -0.2) is 0 Å². The summed E-state index contributed by atoms with van der Waals surface area (Å²) in [7, 11) is 0. The Morgan fingerprint density at radius 1 is 1.26 bits per heavy atom. The molecule has 19 heavy (non-hydrogen) atoms. The van der Waals surface area contributed by atoms with E-state index < -0.39 is 0 Å². The first-order valence-corrected chi connectivity index (χ1v) is 7.47. The molecule has 1 heterocycles. The average Bonchev–Trinajstić information content (AvgIpc) is 2.40. The van der Waals surface area contributed by atoms with E-state index in [0.29, 0.717) is 17.5 Å². The first kappa shape index (κ1) is 14.5. The van der Waals surface area contributed by atoms with Crippen LogP contribution in [-0.2, 0) is 0 Å². The standard InChI is InChI=1S/C16H22ClNO/c1-12-3-4-13(2)18(11-12)10-9-16(19)14-5-7-15(17)8-6-14/h5-8,12-13H,3-4,9-11H2,1-2H3. The number of rotatable bonds is 4. The van der Waals surface area contributed by atoms with Gasteiger partial charge in [0.05, 0.1) is 0 Å². The molecule has 3 heteroatoms. The topological polar surface area (TPSA) is 20.3 Å². The van der Waals surface area contributed by atoms with E-state index in [1.807, 2.05) is 12.1 Å². The molecule has 1 aliphatic rings. The number of nitrogens with zero attached hydrogens (tertiary/aromatic N) is 1. The third-order valence-corrected chi connectivity index (χ3v) is 4.29. The van der Waals surface area contributed by atoms with Gasteiger partial charge < -0.3 is 0 Å². The second-order valence-corrected chi connectivity index (χ2v) is 6.14. The molecule has 0 spiro atoms. The van der Waals surface area contributed by atoms with Crippen molar-refractivity contribution in [2.75, 3.05) is 13.1 Å². The fourth-order valence-electron chi connectivity index (χ4n) is 2.72. The molecule has 0 N–H and O–H groups in total. The summed E-state index contributed by atoms with van der Waals surface area (Å²) in [6.07, 6.45) is 3.15. The minimum absolute atomic E-state index is 0.210.